The fourth-order valence-electron chi connectivity index (χ4n) is 3.51. The smallest absolute Gasteiger partial charge is 0.191 e. The Kier molecular flexibility index (Phi) is 9.20. The van der Waals surface area contributed by atoms with E-state index in [-0.39, 0.29) is 24.0 Å². The number of hydrogen-bond donors (Lipinski definition) is 2. The summed E-state index contributed by atoms with van der Waals surface area (Å²) >= 11 is 0. The number of guanidine groups is 1. The Labute approximate surface area is 179 Å². The van der Waals surface area contributed by atoms with Crippen molar-refractivity contribution in [1.29, 1.82) is 0 Å². The average molecular weight is 486 g/mol. The second-order valence-corrected chi connectivity index (χ2v) is 6.68. The summed E-state index contributed by atoms with van der Waals surface area (Å²) < 4.78 is 10.8. The zero-order chi connectivity index (χ0) is 18.2. The lowest BCUT2D eigenvalue weighted by Crippen LogP contribution is -2.45. The van der Waals surface area contributed by atoms with Gasteiger partial charge in [-0.15, -0.1) is 24.0 Å². The molecule has 2 heterocycles. The predicted molar refractivity (Wildman–Crippen MR) is 122 cm³/mol. The average Bonchev–Trinajstić information content (AvgIpc) is 3.16. The third kappa shape index (κ3) is 6.27. The van der Waals surface area contributed by atoms with Crippen LogP contribution in [0.2, 0.25) is 0 Å². The second kappa shape index (κ2) is 11.4. The molecule has 0 aliphatic carbocycles. The molecule has 2 aliphatic rings. The first kappa shape index (κ1) is 21.8. The van der Waals surface area contributed by atoms with Crippen LogP contribution in [0.15, 0.2) is 40.9 Å². The van der Waals surface area contributed by atoms with Crippen molar-refractivity contribution in [2.24, 2.45) is 4.99 Å². The minimum absolute atomic E-state index is 0. The maximum Gasteiger partial charge on any atom is 0.191 e. The van der Waals surface area contributed by atoms with Gasteiger partial charge in [-0.05, 0) is 31.4 Å². The highest BCUT2D eigenvalue weighted by Gasteiger charge is 2.25. The third-order valence-corrected chi connectivity index (χ3v) is 4.97. The van der Waals surface area contributed by atoms with Crippen LogP contribution in [0.5, 0.6) is 5.75 Å². The van der Waals surface area contributed by atoms with E-state index in [1.54, 1.807) is 7.11 Å². The maximum atomic E-state index is 5.49. The van der Waals surface area contributed by atoms with E-state index in [9.17, 15) is 0 Å². The number of methoxy groups -OCH3 is 1. The van der Waals surface area contributed by atoms with Crippen LogP contribution in [0.1, 0.15) is 19.3 Å². The topological polar surface area (TPSA) is 58.1 Å². The second-order valence-electron chi connectivity index (χ2n) is 6.68. The van der Waals surface area contributed by atoms with Crippen molar-refractivity contribution in [3.05, 3.63) is 35.9 Å². The van der Waals surface area contributed by atoms with Gasteiger partial charge in [-0.2, -0.15) is 0 Å². The number of rotatable bonds is 6. The molecular weight excluding hydrogens is 455 g/mol. The van der Waals surface area contributed by atoms with Crippen LogP contribution in [0, 0.1) is 0 Å². The lowest BCUT2D eigenvalue weighted by atomic mass is 10.1. The Balaban J connectivity index is 0.00000261. The first-order valence-corrected chi connectivity index (χ1v) is 9.41. The van der Waals surface area contributed by atoms with E-state index >= 15 is 0 Å². The quantitative estimate of drug-likeness (QED) is 0.281. The Hall–Kier alpha value is -1.48. The minimum atomic E-state index is 0. The normalized spacial score (nSPS) is 19.9. The number of halogens is 1. The monoisotopic (exact) mass is 486 g/mol. The molecule has 0 amide bonds. The number of anilines is 1. The molecule has 0 saturated carbocycles. The van der Waals surface area contributed by atoms with Gasteiger partial charge in [-0.25, -0.2) is 0 Å². The van der Waals surface area contributed by atoms with E-state index in [0.29, 0.717) is 6.04 Å². The molecular formula is C20H31IN4O2. The Morgan fingerprint density at radius 3 is 2.96 bits per heavy atom. The minimum Gasteiger partial charge on any atom is -0.495 e. The molecule has 0 aromatic heterocycles. The van der Waals surface area contributed by atoms with E-state index in [1.165, 1.54) is 5.57 Å². The molecule has 0 spiro atoms. The third-order valence-electron chi connectivity index (χ3n) is 4.97. The van der Waals surface area contributed by atoms with Gasteiger partial charge in [0, 0.05) is 32.7 Å². The highest BCUT2D eigenvalue weighted by atomic mass is 127. The summed E-state index contributed by atoms with van der Waals surface area (Å²) in [6.07, 6.45) is 5.37. The van der Waals surface area contributed by atoms with Gasteiger partial charge in [0.2, 0.25) is 0 Å². The number of aliphatic imine (C=N–C) groups is 1. The molecule has 3 rings (SSSR count). The molecule has 7 heteroatoms. The van der Waals surface area contributed by atoms with Crippen molar-refractivity contribution in [3.8, 4) is 5.75 Å². The molecule has 1 unspecified atom stereocenters. The van der Waals surface area contributed by atoms with Gasteiger partial charge >= 0.3 is 0 Å². The summed E-state index contributed by atoms with van der Waals surface area (Å²) in [5.74, 6) is 1.81. The van der Waals surface area contributed by atoms with E-state index in [0.717, 1.165) is 69.5 Å². The van der Waals surface area contributed by atoms with Gasteiger partial charge in [0.1, 0.15) is 5.75 Å². The Morgan fingerprint density at radius 1 is 1.37 bits per heavy atom. The van der Waals surface area contributed by atoms with Crippen molar-refractivity contribution in [2.45, 2.75) is 25.3 Å². The summed E-state index contributed by atoms with van der Waals surface area (Å²) in [7, 11) is 3.56. The summed E-state index contributed by atoms with van der Waals surface area (Å²) in [5.41, 5.74) is 2.64. The molecule has 0 radical (unpaired) electrons. The van der Waals surface area contributed by atoms with E-state index < -0.39 is 0 Å². The lowest BCUT2D eigenvalue weighted by Gasteiger charge is -2.22. The van der Waals surface area contributed by atoms with Gasteiger partial charge in [-0.3, -0.25) is 4.99 Å². The van der Waals surface area contributed by atoms with Crippen molar-refractivity contribution >= 4 is 35.6 Å². The maximum absolute atomic E-state index is 5.49. The Bertz CT molecular complexity index is 651. The van der Waals surface area contributed by atoms with Crippen LogP contribution in [-0.4, -0.2) is 59.0 Å². The highest BCUT2D eigenvalue weighted by molar-refractivity contribution is 14.0. The van der Waals surface area contributed by atoms with E-state index in [1.807, 2.05) is 19.2 Å². The molecule has 1 saturated heterocycles. The number of nitrogens with one attached hydrogen (secondary N) is 2. The van der Waals surface area contributed by atoms with Gasteiger partial charge < -0.3 is 25.0 Å². The van der Waals surface area contributed by atoms with Gasteiger partial charge in [-0.1, -0.05) is 23.8 Å². The lowest BCUT2D eigenvalue weighted by molar-refractivity contribution is 0.153. The van der Waals surface area contributed by atoms with Crippen molar-refractivity contribution < 1.29 is 9.47 Å². The Morgan fingerprint density at radius 2 is 2.22 bits per heavy atom. The molecule has 27 heavy (non-hydrogen) atoms. The van der Waals surface area contributed by atoms with Crippen LogP contribution in [0.25, 0.3) is 0 Å². The molecule has 1 aromatic rings. The van der Waals surface area contributed by atoms with Crippen molar-refractivity contribution in [3.63, 3.8) is 0 Å². The molecule has 1 atom stereocenters. The first-order chi connectivity index (χ1) is 12.8. The number of hydrogen-bond acceptors (Lipinski definition) is 4. The zero-order valence-corrected chi connectivity index (χ0v) is 18.6. The molecule has 2 aliphatic heterocycles. The van der Waals surface area contributed by atoms with Crippen LogP contribution in [-0.2, 0) is 4.74 Å². The molecule has 1 aromatic carbocycles. The molecule has 6 nitrogen and oxygen atoms in total. The van der Waals surface area contributed by atoms with Crippen LogP contribution in [0.4, 0.5) is 5.69 Å². The molecule has 150 valence electrons. The number of nitrogens with zero attached hydrogens (tertiary/aromatic N) is 2. The van der Waals surface area contributed by atoms with E-state index in [2.05, 4.69) is 38.7 Å². The van der Waals surface area contributed by atoms with Gasteiger partial charge in [0.05, 0.1) is 26.0 Å². The van der Waals surface area contributed by atoms with Crippen molar-refractivity contribution in [1.82, 2.24) is 10.6 Å². The first-order valence-electron chi connectivity index (χ1n) is 9.41. The SMILES string of the molecule is CN=C(NCCC1=CCOCC1)NC1CCN(c2ccccc2OC)C1.I. The molecule has 0 bridgehead atoms. The standard InChI is InChI=1S/C20H30N4O2.HI/c1-21-20(22-11-7-16-9-13-26-14-10-16)23-17-8-12-24(15-17)18-5-3-4-6-19(18)25-2;/h3-6,9,17H,7-8,10-15H2,1-2H3,(H2,21,22,23);1H. The number of para-hydroxylation sites is 2. The predicted octanol–water partition coefficient (Wildman–Crippen LogP) is 2.79. The van der Waals surface area contributed by atoms with Crippen LogP contribution < -0.4 is 20.3 Å². The molecule has 2 N–H and O–H groups in total. The largest absolute Gasteiger partial charge is 0.495 e. The summed E-state index contributed by atoms with van der Waals surface area (Å²) in [4.78, 5) is 6.74. The fraction of sp³-hybridized carbons (Fsp3) is 0.550. The van der Waals surface area contributed by atoms with Crippen LogP contribution in [0.3, 0.4) is 0 Å². The summed E-state index contributed by atoms with van der Waals surface area (Å²) in [6.45, 7) is 4.46. The summed E-state index contributed by atoms with van der Waals surface area (Å²) in [5, 5.41) is 6.99. The summed E-state index contributed by atoms with van der Waals surface area (Å²) in [6, 6.07) is 8.59. The van der Waals surface area contributed by atoms with Crippen LogP contribution >= 0.6 is 24.0 Å². The fourth-order valence-corrected chi connectivity index (χ4v) is 3.51. The zero-order valence-electron chi connectivity index (χ0n) is 16.2. The van der Waals surface area contributed by atoms with Gasteiger partial charge in [0.25, 0.3) is 0 Å². The van der Waals surface area contributed by atoms with Crippen molar-refractivity contribution in [2.75, 3.05) is 51.9 Å². The number of benzene rings is 1. The molecule has 1 fully saturated rings. The van der Waals surface area contributed by atoms with Gasteiger partial charge in [0.15, 0.2) is 5.96 Å². The van der Waals surface area contributed by atoms with E-state index in [4.69, 9.17) is 9.47 Å². The highest BCUT2D eigenvalue weighted by Crippen LogP contribution is 2.30. The number of ether oxygens (including phenoxy) is 2.